The van der Waals surface area contributed by atoms with E-state index in [9.17, 15) is 4.79 Å². The van der Waals surface area contributed by atoms with Crippen molar-refractivity contribution < 1.29 is 9.53 Å². The number of fused-ring (bicyclic) bond motifs is 2. The number of nitrogens with zero attached hydrogens (tertiary/aromatic N) is 4. The number of likely N-dealkylation sites (tertiary alicyclic amines) is 1. The third kappa shape index (κ3) is 3.00. The fourth-order valence-corrected chi connectivity index (χ4v) is 4.16. The number of hydrogen-bond acceptors (Lipinski definition) is 4. The molecular weight excluding hydrogens is 318 g/mol. The minimum atomic E-state index is -0.0320. The molecule has 4 rings (SSSR count). The van der Waals surface area contributed by atoms with Gasteiger partial charge in [-0.3, -0.25) is 4.57 Å². The summed E-state index contributed by atoms with van der Waals surface area (Å²) in [4.78, 5) is 14.7. The molecule has 1 saturated heterocycles. The van der Waals surface area contributed by atoms with Gasteiger partial charge in [-0.25, -0.2) is 4.79 Å². The second-order valence-electron chi connectivity index (χ2n) is 7.00. The maximum atomic E-state index is 12.8. The summed E-state index contributed by atoms with van der Waals surface area (Å²) < 4.78 is 7.45. The Morgan fingerprint density at radius 2 is 1.88 bits per heavy atom. The van der Waals surface area contributed by atoms with E-state index >= 15 is 0 Å². The zero-order valence-electron chi connectivity index (χ0n) is 14.6. The summed E-state index contributed by atoms with van der Waals surface area (Å²) in [7, 11) is 1.78. The predicted octanol–water partition coefficient (Wildman–Crippen LogP) is 2.46. The Kier molecular flexibility index (Phi) is 4.17. The molecule has 0 radical (unpaired) electrons. The van der Waals surface area contributed by atoms with Crippen LogP contribution in [0.25, 0.3) is 5.69 Å². The van der Waals surface area contributed by atoms with E-state index in [1.165, 1.54) is 0 Å². The summed E-state index contributed by atoms with van der Waals surface area (Å²) in [5.74, 6) is 0.915. The molecule has 2 bridgehead atoms. The van der Waals surface area contributed by atoms with Crippen LogP contribution in [0.5, 0.6) is 0 Å². The largest absolute Gasteiger partial charge is 0.381 e. The smallest absolute Gasteiger partial charge is 0.321 e. The molecule has 7 nitrogen and oxygen atoms in total. The van der Waals surface area contributed by atoms with Crippen molar-refractivity contribution in [2.24, 2.45) is 11.8 Å². The molecule has 7 heteroatoms. The van der Waals surface area contributed by atoms with E-state index in [1.54, 1.807) is 19.8 Å². The molecular formula is C18H23N5O2. The molecule has 0 spiro atoms. The number of nitrogens with one attached hydrogen (secondary N) is 1. The topological polar surface area (TPSA) is 72.3 Å². The van der Waals surface area contributed by atoms with Crippen LogP contribution in [0, 0.1) is 18.8 Å². The van der Waals surface area contributed by atoms with Crippen LogP contribution in [-0.2, 0) is 4.74 Å². The normalized spacial score (nSPS) is 25.2. The number of methoxy groups -OCH3 is 1. The van der Waals surface area contributed by atoms with Crippen molar-refractivity contribution >= 4 is 11.7 Å². The molecule has 1 N–H and O–H groups in total. The van der Waals surface area contributed by atoms with Crippen LogP contribution in [0.2, 0.25) is 0 Å². The Balaban J connectivity index is 1.49. The first-order chi connectivity index (χ1) is 12.2. The minimum Gasteiger partial charge on any atom is -0.381 e. The van der Waals surface area contributed by atoms with Gasteiger partial charge in [-0.1, -0.05) is 6.07 Å². The molecule has 1 aliphatic heterocycles. The van der Waals surface area contributed by atoms with Gasteiger partial charge in [0.1, 0.15) is 12.7 Å². The van der Waals surface area contributed by atoms with Gasteiger partial charge in [-0.05, 0) is 37.5 Å². The molecule has 1 saturated carbocycles. The molecule has 2 fully saturated rings. The molecule has 25 heavy (non-hydrogen) atoms. The van der Waals surface area contributed by atoms with Crippen LogP contribution in [-0.4, -0.2) is 52.0 Å². The summed E-state index contributed by atoms with van der Waals surface area (Å²) >= 11 is 0. The first-order valence-electron chi connectivity index (χ1n) is 8.70. The molecule has 2 aliphatic rings. The average molecular weight is 341 g/mol. The Hall–Kier alpha value is -2.41. The highest BCUT2D eigenvalue weighted by Gasteiger charge is 2.43. The van der Waals surface area contributed by atoms with Gasteiger partial charge in [-0.2, -0.15) is 0 Å². The van der Waals surface area contributed by atoms with E-state index in [1.807, 2.05) is 34.6 Å². The summed E-state index contributed by atoms with van der Waals surface area (Å²) in [6.45, 7) is 3.53. The number of benzene rings is 1. The lowest BCUT2D eigenvalue weighted by molar-refractivity contribution is -0.00364. The molecule has 1 unspecified atom stereocenters. The van der Waals surface area contributed by atoms with E-state index < -0.39 is 0 Å². The second kappa shape index (κ2) is 6.48. The predicted molar refractivity (Wildman–Crippen MR) is 93.7 cm³/mol. The minimum absolute atomic E-state index is 0.0320. The fourth-order valence-electron chi connectivity index (χ4n) is 4.16. The van der Waals surface area contributed by atoms with Crippen molar-refractivity contribution in [1.82, 2.24) is 19.7 Å². The van der Waals surface area contributed by atoms with E-state index in [-0.39, 0.29) is 6.03 Å². The van der Waals surface area contributed by atoms with E-state index in [0.29, 0.717) is 17.9 Å². The summed E-state index contributed by atoms with van der Waals surface area (Å²) in [5, 5.41) is 10.7. The van der Waals surface area contributed by atoms with Crippen LogP contribution < -0.4 is 5.32 Å². The van der Waals surface area contributed by atoms with Crippen LogP contribution in [0.15, 0.2) is 30.9 Å². The number of piperidine rings is 1. The van der Waals surface area contributed by atoms with Crippen molar-refractivity contribution in [2.45, 2.75) is 25.9 Å². The Labute approximate surface area is 147 Å². The average Bonchev–Trinajstić information content (AvgIpc) is 3.22. The number of hydrogen-bond donors (Lipinski definition) is 1. The van der Waals surface area contributed by atoms with Gasteiger partial charge >= 0.3 is 6.03 Å². The van der Waals surface area contributed by atoms with Crippen LogP contribution in [0.1, 0.15) is 18.4 Å². The van der Waals surface area contributed by atoms with E-state index in [2.05, 4.69) is 15.5 Å². The Morgan fingerprint density at radius 3 is 2.52 bits per heavy atom. The molecule has 2 heterocycles. The molecule has 1 aliphatic carbocycles. The number of aromatic nitrogens is 3. The zero-order chi connectivity index (χ0) is 17.4. The van der Waals surface area contributed by atoms with Gasteiger partial charge in [-0.15, -0.1) is 10.2 Å². The van der Waals surface area contributed by atoms with Crippen LogP contribution >= 0.6 is 0 Å². The summed E-state index contributed by atoms with van der Waals surface area (Å²) in [6, 6.07) is 5.90. The zero-order valence-corrected chi connectivity index (χ0v) is 14.6. The summed E-state index contributed by atoms with van der Waals surface area (Å²) in [6.07, 6.45) is 5.89. The van der Waals surface area contributed by atoms with Gasteiger partial charge in [0.25, 0.3) is 0 Å². The third-order valence-corrected chi connectivity index (χ3v) is 5.49. The Bertz CT molecular complexity index is 747. The molecule has 1 aromatic carbocycles. The second-order valence-corrected chi connectivity index (χ2v) is 7.00. The number of ether oxygens (including phenoxy) is 1. The van der Waals surface area contributed by atoms with Crippen molar-refractivity contribution in [1.29, 1.82) is 0 Å². The lowest BCUT2D eigenvalue weighted by atomic mass is 9.95. The van der Waals surface area contributed by atoms with Crippen LogP contribution in [0.3, 0.4) is 0 Å². The number of aryl methyl sites for hydroxylation is 1. The fraction of sp³-hybridized carbons (Fsp3) is 0.500. The van der Waals surface area contributed by atoms with Crippen molar-refractivity contribution in [2.75, 3.05) is 25.5 Å². The van der Waals surface area contributed by atoms with Gasteiger partial charge in [0.15, 0.2) is 0 Å². The van der Waals surface area contributed by atoms with E-state index in [4.69, 9.17) is 4.74 Å². The monoisotopic (exact) mass is 341 g/mol. The standard InChI is InChI=1S/C18H23N5O2/c1-12-3-6-15(23-10-19-20-11-23)7-16(12)21-18(24)22-8-13-4-5-14(9-22)17(13)25-2/h3,6-7,10-11,13-14,17H,4-5,8-9H2,1-2H3,(H,21,24)/t13-,14+,17?. The third-order valence-electron chi connectivity index (χ3n) is 5.49. The van der Waals surface area contributed by atoms with Gasteiger partial charge in [0, 0.05) is 37.7 Å². The van der Waals surface area contributed by atoms with Crippen molar-refractivity contribution in [3.8, 4) is 5.69 Å². The summed E-state index contributed by atoms with van der Waals surface area (Å²) in [5.41, 5.74) is 2.77. The number of carbonyl (C=O) groups excluding carboxylic acids is 1. The number of carbonyl (C=O) groups is 1. The lowest BCUT2D eigenvalue weighted by Gasteiger charge is -2.37. The number of rotatable bonds is 3. The van der Waals surface area contributed by atoms with Gasteiger partial charge in [0.2, 0.25) is 0 Å². The number of amides is 2. The first-order valence-corrected chi connectivity index (χ1v) is 8.70. The maximum absolute atomic E-state index is 12.8. The van der Waals surface area contributed by atoms with Crippen LogP contribution in [0.4, 0.5) is 10.5 Å². The van der Waals surface area contributed by atoms with Gasteiger partial charge < -0.3 is 15.0 Å². The van der Waals surface area contributed by atoms with Crippen molar-refractivity contribution in [3.05, 3.63) is 36.4 Å². The molecule has 2 aromatic rings. The van der Waals surface area contributed by atoms with Gasteiger partial charge in [0.05, 0.1) is 11.8 Å². The molecule has 3 atom stereocenters. The molecule has 2 amide bonds. The number of anilines is 1. The highest BCUT2D eigenvalue weighted by molar-refractivity contribution is 5.90. The first kappa shape index (κ1) is 16.1. The highest BCUT2D eigenvalue weighted by Crippen LogP contribution is 2.38. The molecule has 1 aromatic heterocycles. The maximum Gasteiger partial charge on any atom is 0.321 e. The molecule has 132 valence electrons. The quantitative estimate of drug-likeness (QED) is 0.931. The van der Waals surface area contributed by atoms with Crippen molar-refractivity contribution in [3.63, 3.8) is 0 Å². The Morgan fingerprint density at radius 1 is 1.20 bits per heavy atom. The van der Waals surface area contributed by atoms with E-state index in [0.717, 1.165) is 42.9 Å². The SMILES string of the molecule is COC1[C@@H]2CC[C@H]1CN(C(=O)Nc1cc(-n3cnnc3)ccc1C)C2. The lowest BCUT2D eigenvalue weighted by Crippen LogP contribution is -2.49. The number of urea groups is 1. The highest BCUT2D eigenvalue weighted by atomic mass is 16.5.